The largest absolute Gasteiger partial charge is 0.466 e. The van der Waals surface area contributed by atoms with E-state index in [9.17, 15) is 14.4 Å². The van der Waals surface area contributed by atoms with E-state index in [0.717, 1.165) is 5.56 Å². The van der Waals surface area contributed by atoms with Gasteiger partial charge in [-0.15, -0.1) is 0 Å². The molecule has 2 bridgehead atoms. The quantitative estimate of drug-likeness (QED) is 0.814. The molecule has 0 aliphatic carbocycles. The number of hydrogen-bond acceptors (Lipinski definition) is 5. The molecule has 0 unspecified atom stereocenters. The van der Waals surface area contributed by atoms with Crippen molar-refractivity contribution in [1.82, 2.24) is 0 Å². The zero-order chi connectivity index (χ0) is 20.2. The summed E-state index contributed by atoms with van der Waals surface area (Å²) in [5, 5.41) is 2.94. The molecule has 1 spiro atoms. The van der Waals surface area contributed by atoms with E-state index in [0.29, 0.717) is 17.7 Å². The van der Waals surface area contributed by atoms with Crippen LogP contribution in [0.2, 0.25) is 0 Å². The Kier molecular flexibility index (Phi) is 3.90. The van der Waals surface area contributed by atoms with Gasteiger partial charge >= 0.3 is 5.97 Å². The molecule has 3 aliphatic heterocycles. The summed E-state index contributed by atoms with van der Waals surface area (Å²) in [6, 6.07) is 16.8. The Bertz CT molecular complexity index is 1020. The van der Waals surface area contributed by atoms with Gasteiger partial charge in [0.1, 0.15) is 23.0 Å². The standard InChI is InChI=1S/C23H21NO5/c1-2-28-20(26)18-19-17(25)12-13-22(29-19,14-8-4-3-5-9-14)23(18)15-10-6-7-11-16(15)24-21(23)27/h3-11,18-19H,2,12-13H2,1H3,(H,24,27)/t18-,19+,22+,23+/m1/s1. The SMILES string of the molecule is CCOC(=O)[C@H]1[C@H]2O[C@](c3ccccc3)(CCC2=O)[C@]12C(=O)Nc1ccccc12. The van der Waals surface area contributed by atoms with E-state index < -0.39 is 29.0 Å². The van der Waals surface area contributed by atoms with Crippen molar-refractivity contribution in [3.63, 3.8) is 0 Å². The molecule has 1 amide bonds. The number of carbonyl (C=O) groups is 3. The molecule has 2 aromatic carbocycles. The lowest BCUT2D eigenvalue weighted by Gasteiger charge is -2.43. The van der Waals surface area contributed by atoms with Crippen molar-refractivity contribution in [2.75, 3.05) is 11.9 Å². The maximum atomic E-state index is 13.7. The Morgan fingerprint density at radius 2 is 1.86 bits per heavy atom. The maximum absolute atomic E-state index is 13.7. The minimum atomic E-state index is -1.37. The highest BCUT2D eigenvalue weighted by Crippen LogP contribution is 2.65. The number of para-hydroxylation sites is 1. The molecular weight excluding hydrogens is 370 g/mol. The van der Waals surface area contributed by atoms with Crippen LogP contribution in [0.1, 0.15) is 30.9 Å². The molecule has 0 saturated carbocycles. The highest BCUT2D eigenvalue weighted by molar-refractivity contribution is 6.12. The third kappa shape index (κ3) is 2.12. The number of esters is 1. The van der Waals surface area contributed by atoms with E-state index in [1.54, 1.807) is 6.92 Å². The normalized spacial score (nSPS) is 32.2. The molecule has 0 radical (unpaired) electrons. The number of carbonyl (C=O) groups excluding carboxylic acids is 3. The second-order valence-electron chi connectivity index (χ2n) is 7.74. The first-order valence-electron chi connectivity index (χ1n) is 9.90. The molecule has 29 heavy (non-hydrogen) atoms. The topological polar surface area (TPSA) is 81.7 Å². The highest BCUT2D eigenvalue weighted by Gasteiger charge is 2.77. The van der Waals surface area contributed by atoms with Gasteiger partial charge in [0.2, 0.25) is 5.91 Å². The van der Waals surface area contributed by atoms with Crippen molar-refractivity contribution < 1.29 is 23.9 Å². The third-order valence-corrected chi connectivity index (χ3v) is 6.51. The van der Waals surface area contributed by atoms with Crippen LogP contribution < -0.4 is 5.32 Å². The van der Waals surface area contributed by atoms with Crippen molar-refractivity contribution in [3.8, 4) is 0 Å². The summed E-state index contributed by atoms with van der Waals surface area (Å²) in [6.07, 6.45) is -0.448. The van der Waals surface area contributed by atoms with Crippen LogP contribution in [-0.2, 0) is 34.9 Å². The van der Waals surface area contributed by atoms with Crippen molar-refractivity contribution in [2.24, 2.45) is 5.92 Å². The second kappa shape index (κ2) is 6.26. The number of ether oxygens (including phenoxy) is 2. The summed E-state index contributed by atoms with van der Waals surface area (Å²) in [7, 11) is 0. The van der Waals surface area contributed by atoms with Crippen LogP contribution in [0.3, 0.4) is 0 Å². The van der Waals surface area contributed by atoms with Gasteiger partial charge in [-0.3, -0.25) is 14.4 Å². The molecule has 3 aliphatic rings. The predicted molar refractivity (Wildman–Crippen MR) is 104 cm³/mol. The van der Waals surface area contributed by atoms with Gasteiger partial charge in [-0.25, -0.2) is 0 Å². The van der Waals surface area contributed by atoms with Crippen LogP contribution in [0.4, 0.5) is 5.69 Å². The van der Waals surface area contributed by atoms with Gasteiger partial charge in [-0.05, 0) is 30.5 Å². The van der Waals surface area contributed by atoms with Crippen LogP contribution >= 0.6 is 0 Å². The maximum Gasteiger partial charge on any atom is 0.313 e. The van der Waals surface area contributed by atoms with Crippen molar-refractivity contribution in [3.05, 3.63) is 65.7 Å². The Morgan fingerprint density at radius 1 is 1.14 bits per heavy atom. The van der Waals surface area contributed by atoms with Gasteiger partial charge in [0.05, 0.1) is 6.61 Å². The summed E-state index contributed by atoms with van der Waals surface area (Å²) in [4.78, 5) is 39.7. The van der Waals surface area contributed by atoms with Gasteiger partial charge in [0, 0.05) is 12.1 Å². The molecule has 148 valence electrons. The van der Waals surface area contributed by atoms with Crippen LogP contribution in [0, 0.1) is 5.92 Å². The summed E-state index contributed by atoms with van der Waals surface area (Å²) in [5.74, 6) is -2.10. The lowest BCUT2D eigenvalue weighted by molar-refractivity contribution is -0.158. The number of anilines is 1. The summed E-state index contributed by atoms with van der Waals surface area (Å²) < 4.78 is 11.8. The minimum Gasteiger partial charge on any atom is -0.466 e. The number of ketones is 1. The van der Waals surface area contributed by atoms with E-state index in [2.05, 4.69) is 5.32 Å². The monoisotopic (exact) mass is 391 g/mol. The Balaban J connectivity index is 1.85. The van der Waals surface area contributed by atoms with Crippen LogP contribution in [0.15, 0.2) is 54.6 Å². The highest BCUT2D eigenvalue weighted by atomic mass is 16.6. The molecule has 5 rings (SSSR count). The van der Waals surface area contributed by atoms with E-state index >= 15 is 0 Å². The van der Waals surface area contributed by atoms with Gasteiger partial charge < -0.3 is 14.8 Å². The number of fused-ring (bicyclic) bond motifs is 5. The molecule has 6 heteroatoms. The average Bonchev–Trinajstić information content (AvgIpc) is 3.18. The zero-order valence-electron chi connectivity index (χ0n) is 16.0. The fourth-order valence-corrected chi connectivity index (χ4v) is 5.47. The molecule has 6 nitrogen and oxygen atoms in total. The van der Waals surface area contributed by atoms with Crippen molar-refractivity contribution in [1.29, 1.82) is 0 Å². The predicted octanol–water partition coefficient (Wildman–Crippen LogP) is 2.71. The van der Waals surface area contributed by atoms with Crippen LogP contribution in [-0.4, -0.2) is 30.4 Å². The second-order valence-corrected chi connectivity index (χ2v) is 7.74. The molecule has 0 aromatic heterocycles. The van der Waals surface area contributed by atoms with E-state index in [-0.39, 0.29) is 24.7 Å². The number of benzene rings is 2. The van der Waals surface area contributed by atoms with Crippen LogP contribution in [0.5, 0.6) is 0 Å². The van der Waals surface area contributed by atoms with Gasteiger partial charge in [-0.1, -0.05) is 48.5 Å². The van der Waals surface area contributed by atoms with Gasteiger partial charge in [0.25, 0.3) is 0 Å². The Labute approximate surface area is 168 Å². The molecule has 4 atom stereocenters. The van der Waals surface area contributed by atoms with E-state index in [4.69, 9.17) is 9.47 Å². The number of hydrogen-bond donors (Lipinski definition) is 1. The van der Waals surface area contributed by atoms with Gasteiger partial charge in [-0.2, -0.15) is 0 Å². The number of Topliss-reactive ketones (excluding diaryl/α,β-unsaturated/α-hetero) is 1. The first kappa shape index (κ1) is 18.1. The summed E-state index contributed by atoms with van der Waals surface area (Å²) in [6.45, 7) is 1.87. The smallest absolute Gasteiger partial charge is 0.313 e. The first-order valence-corrected chi connectivity index (χ1v) is 9.90. The molecule has 1 N–H and O–H groups in total. The Hall–Kier alpha value is -2.99. The number of rotatable bonds is 3. The van der Waals surface area contributed by atoms with E-state index in [1.165, 1.54) is 0 Å². The number of nitrogens with one attached hydrogen (secondary N) is 1. The van der Waals surface area contributed by atoms with Crippen molar-refractivity contribution in [2.45, 2.75) is 36.9 Å². The summed E-state index contributed by atoms with van der Waals surface area (Å²) >= 11 is 0. The van der Waals surface area contributed by atoms with E-state index in [1.807, 2.05) is 54.6 Å². The molecule has 2 fully saturated rings. The Morgan fingerprint density at radius 3 is 2.62 bits per heavy atom. The lowest BCUT2D eigenvalue weighted by Crippen LogP contribution is -2.55. The fraction of sp³-hybridized carbons (Fsp3) is 0.348. The average molecular weight is 391 g/mol. The summed E-state index contributed by atoms with van der Waals surface area (Å²) in [5.41, 5.74) is -0.374. The number of amides is 1. The molecule has 2 saturated heterocycles. The zero-order valence-corrected chi connectivity index (χ0v) is 16.0. The van der Waals surface area contributed by atoms with Crippen LogP contribution in [0.25, 0.3) is 0 Å². The lowest BCUT2D eigenvalue weighted by atomic mass is 9.59. The molecular formula is C23H21NO5. The first-order chi connectivity index (χ1) is 14.1. The minimum absolute atomic E-state index is 0.161. The third-order valence-electron chi connectivity index (χ3n) is 6.51. The van der Waals surface area contributed by atoms with Crippen molar-refractivity contribution >= 4 is 23.3 Å². The fourth-order valence-electron chi connectivity index (χ4n) is 5.47. The molecule has 2 aromatic rings. The molecule has 3 heterocycles. The van der Waals surface area contributed by atoms with Gasteiger partial charge in [0.15, 0.2) is 5.78 Å².